The van der Waals surface area contributed by atoms with Gasteiger partial charge < -0.3 is 9.30 Å². The van der Waals surface area contributed by atoms with Crippen molar-refractivity contribution in [3.05, 3.63) is 73.3 Å². The van der Waals surface area contributed by atoms with Gasteiger partial charge in [-0.3, -0.25) is 10.1 Å². The summed E-state index contributed by atoms with van der Waals surface area (Å²) < 4.78 is 7.92. The van der Waals surface area contributed by atoms with E-state index in [0.717, 1.165) is 46.8 Å². The van der Waals surface area contributed by atoms with E-state index in [2.05, 4.69) is 4.57 Å². The molecule has 0 amide bonds. The Kier molecular flexibility index (Phi) is 5.80. The molecule has 1 saturated heterocycles. The van der Waals surface area contributed by atoms with Crippen LogP contribution in [0.4, 0.5) is 11.4 Å². The number of nitro groups is 1. The van der Waals surface area contributed by atoms with Crippen LogP contribution in [0.15, 0.2) is 52.8 Å². The Bertz CT molecular complexity index is 1120. The fraction of sp³-hybridized carbons (Fsp3) is 0.286. The summed E-state index contributed by atoms with van der Waals surface area (Å²) in [5.74, 6) is 0. The van der Waals surface area contributed by atoms with Crippen molar-refractivity contribution >= 4 is 34.3 Å². The zero-order chi connectivity index (χ0) is 20.4. The molecule has 1 unspecified atom stereocenters. The fourth-order valence-corrected chi connectivity index (χ4v) is 4.47. The third-order valence-corrected chi connectivity index (χ3v) is 6.21. The maximum atomic E-state index is 11.2. The Morgan fingerprint density at radius 2 is 2.21 bits per heavy atom. The van der Waals surface area contributed by atoms with Crippen LogP contribution < -0.4 is 4.80 Å². The van der Waals surface area contributed by atoms with Crippen LogP contribution in [0.3, 0.4) is 0 Å². The van der Waals surface area contributed by atoms with Crippen LogP contribution in [0.2, 0.25) is 5.02 Å². The van der Waals surface area contributed by atoms with Crippen LogP contribution in [-0.2, 0) is 11.3 Å². The second-order valence-corrected chi connectivity index (χ2v) is 8.25. The van der Waals surface area contributed by atoms with E-state index in [1.165, 1.54) is 17.4 Å². The molecular weight excluding hydrogens is 410 g/mol. The van der Waals surface area contributed by atoms with Crippen molar-refractivity contribution < 1.29 is 9.66 Å². The van der Waals surface area contributed by atoms with Gasteiger partial charge in [0.1, 0.15) is 0 Å². The average Bonchev–Trinajstić information content (AvgIpc) is 3.36. The summed E-state index contributed by atoms with van der Waals surface area (Å²) in [7, 11) is 0. The second-order valence-electron chi connectivity index (χ2n) is 7.00. The molecule has 0 N–H and O–H groups in total. The predicted octanol–water partition coefficient (Wildman–Crippen LogP) is 5.50. The lowest BCUT2D eigenvalue weighted by Crippen LogP contribution is -2.24. The number of non-ortho nitro benzene ring substituents is 1. The molecule has 29 heavy (non-hydrogen) atoms. The van der Waals surface area contributed by atoms with Gasteiger partial charge in [-0.2, -0.15) is 0 Å². The van der Waals surface area contributed by atoms with E-state index >= 15 is 0 Å². The molecule has 0 bridgehead atoms. The second kappa shape index (κ2) is 8.49. The van der Waals surface area contributed by atoms with Crippen LogP contribution in [0.25, 0.3) is 11.3 Å². The van der Waals surface area contributed by atoms with Crippen LogP contribution >= 0.6 is 22.9 Å². The molecule has 3 aromatic rings. The van der Waals surface area contributed by atoms with Crippen LogP contribution in [0, 0.1) is 17.0 Å². The topological polar surface area (TPSA) is 69.7 Å². The maximum Gasteiger partial charge on any atom is 0.270 e. The number of ether oxygens (including phenoxy) is 1. The highest BCUT2D eigenvalue weighted by molar-refractivity contribution is 7.07. The Balaban J connectivity index is 1.81. The molecule has 150 valence electrons. The van der Waals surface area contributed by atoms with Crippen molar-refractivity contribution in [1.29, 1.82) is 0 Å². The first-order valence-corrected chi connectivity index (χ1v) is 10.6. The molecule has 1 aliphatic heterocycles. The lowest BCUT2D eigenvalue weighted by atomic mass is 10.1. The smallest absolute Gasteiger partial charge is 0.270 e. The van der Waals surface area contributed by atoms with Gasteiger partial charge in [-0.15, -0.1) is 11.3 Å². The molecule has 0 aliphatic carbocycles. The van der Waals surface area contributed by atoms with Gasteiger partial charge in [-0.05, 0) is 37.5 Å². The molecule has 6 nitrogen and oxygen atoms in total. The largest absolute Gasteiger partial charge is 0.376 e. The van der Waals surface area contributed by atoms with Crippen molar-refractivity contribution in [2.45, 2.75) is 32.4 Å². The maximum absolute atomic E-state index is 11.2. The van der Waals surface area contributed by atoms with Gasteiger partial charge in [0.2, 0.25) is 0 Å². The SMILES string of the molecule is Cc1ccc(N=c2scc(-c3cccc([N+](=O)[O-])c3)n2CC2CCCO2)cc1Cl. The Hall–Kier alpha value is -2.48. The number of rotatable bonds is 5. The van der Waals surface area contributed by atoms with E-state index in [9.17, 15) is 10.1 Å². The van der Waals surface area contributed by atoms with Gasteiger partial charge >= 0.3 is 0 Å². The van der Waals surface area contributed by atoms with E-state index in [1.807, 2.05) is 36.6 Å². The molecule has 1 atom stereocenters. The minimum Gasteiger partial charge on any atom is -0.376 e. The van der Waals surface area contributed by atoms with Crippen LogP contribution in [0.1, 0.15) is 18.4 Å². The Labute approximate surface area is 177 Å². The van der Waals surface area contributed by atoms with Gasteiger partial charge in [0, 0.05) is 34.7 Å². The number of aromatic nitrogens is 1. The third-order valence-electron chi connectivity index (χ3n) is 4.94. The minimum atomic E-state index is -0.375. The van der Waals surface area contributed by atoms with Gasteiger partial charge in [0.25, 0.3) is 5.69 Å². The highest BCUT2D eigenvalue weighted by Crippen LogP contribution is 2.27. The summed E-state index contributed by atoms with van der Waals surface area (Å²) in [6, 6.07) is 12.4. The van der Waals surface area contributed by atoms with Crippen molar-refractivity contribution in [3.63, 3.8) is 0 Å². The van der Waals surface area contributed by atoms with Gasteiger partial charge in [0.15, 0.2) is 4.80 Å². The number of nitro benzene ring substituents is 1. The summed E-state index contributed by atoms with van der Waals surface area (Å²) >= 11 is 7.76. The van der Waals surface area contributed by atoms with E-state index in [-0.39, 0.29) is 16.7 Å². The molecule has 0 radical (unpaired) electrons. The molecule has 4 rings (SSSR count). The highest BCUT2D eigenvalue weighted by atomic mass is 35.5. The quantitative estimate of drug-likeness (QED) is 0.397. The number of benzene rings is 2. The highest BCUT2D eigenvalue weighted by Gasteiger charge is 2.20. The van der Waals surface area contributed by atoms with Crippen molar-refractivity contribution in [2.24, 2.45) is 4.99 Å². The van der Waals surface area contributed by atoms with Gasteiger partial charge in [0.05, 0.1) is 29.0 Å². The summed E-state index contributed by atoms with van der Waals surface area (Å²) in [4.78, 5) is 16.4. The molecule has 0 spiro atoms. The lowest BCUT2D eigenvalue weighted by molar-refractivity contribution is -0.384. The molecule has 1 aliphatic rings. The van der Waals surface area contributed by atoms with Crippen molar-refractivity contribution in [3.8, 4) is 11.3 Å². The molecule has 0 saturated carbocycles. The molecule has 1 fully saturated rings. The van der Waals surface area contributed by atoms with E-state index in [0.29, 0.717) is 11.6 Å². The first-order valence-electron chi connectivity index (χ1n) is 9.37. The van der Waals surface area contributed by atoms with Crippen molar-refractivity contribution in [2.75, 3.05) is 6.61 Å². The lowest BCUT2D eigenvalue weighted by Gasteiger charge is -2.14. The molecule has 8 heteroatoms. The normalized spacial score (nSPS) is 17.0. The number of nitrogens with zero attached hydrogens (tertiary/aromatic N) is 3. The third kappa shape index (κ3) is 4.42. The minimum absolute atomic E-state index is 0.0705. The average molecular weight is 430 g/mol. The van der Waals surface area contributed by atoms with E-state index in [4.69, 9.17) is 21.3 Å². The van der Waals surface area contributed by atoms with Gasteiger partial charge in [-0.25, -0.2) is 4.99 Å². The molecule has 1 aromatic heterocycles. The first kappa shape index (κ1) is 19.8. The van der Waals surface area contributed by atoms with E-state index in [1.54, 1.807) is 12.1 Å². The van der Waals surface area contributed by atoms with Crippen LogP contribution in [-0.4, -0.2) is 22.2 Å². The zero-order valence-electron chi connectivity index (χ0n) is 15.9. The van der Waals surface area contributed by atoms with Crippen LogP contribution in [0.5, 0.6) is 0 Å². The Morgan fingerprint density at radius 1 is 1.34 bits per heavy atom. The summed E-state index contributed by atoms with van der Waals surface area (Å²) in [6.45, 7) is 3.37. The van der Waals surface area contributed by atoms with E-state index < -0.39 is 0 Å². The molecule has 2 heterocycles. The first-order chi connectivity index (χ1) is 14.0. The molecular formula is C21H20ClN3O3S. The fourth-order valence-electron chi connectivity index (χ4n) is 3.36. The van der Waals surface area contributed by atoms with Gasteiger partial charge in [-0.1, -0.05) is 29.8 Å². The number of hydrogen-bond donors (Lipinski definition) is 0. The number of thiazole rings is 1. The Morgan fingerprint density at radius 3 is 2.93 bits per heavy atom. The molecule has 2 aromatic carbocycles. The van der Waals surface area contributed by atoms with Crippen molar-refractivity contribution in [1.82, 2.24) is 4.57 Å². The summed E-state index contributed by atoms with van der Waals surface area (Å²) in [5, 5.41) is 13.9. The number of halogens is 1. The monoisotopic (exact) mass is 429 g/mol. The standard InChI is InChI=1S/C21H20ClN3O3S/c1-14-7-8-16(11-19(14)22)23-21-24(12-18-6-3-9-28-18)20(13-29-21)15-4-2-5-17(10-15)25(26)27/h2,4-5,7-8,10-11,13,18H,3,6,9,12H2,1H3. The predicted molar refractivity (Wildman–Crippen MR) is 115 cm³/mol. The summed E-state index contributed by atoms with van der Waals surface area (Å²) in [5.41, 5.74) is 3.53. The zero-order valence-corrected chi connectivity index (χ0v) is 17.4. The number of aryl methyl sites for hydroxylation is 1. The summed E-state index contributed by atoms with van der Waals surface area (Å²) in [6.07, 6.45) is 2.15. The number of hydrogen-bond acceptors (Lipinski definition) is 5.